The summed E-state index contributed by atoms with van der Waals surface area (Å²) in [5.74, 6) is 1.61. The smallest absolute Gasteiger partial charge is 0.0107 e. The predicted molar refractivity (Wildman–Crippen MR) is 73.9 cm³/mol. The van der Waals surface area contributed by atoms with Gasteiger partial charge in [-0.05, 0) is 45.2 Å². The molecule has 16 heavy (non-hydrogen) atoms. The highest BCUT2D eigenvalue weighted by Crippen LogP contribution is 2.08. The van der Waals surface area contributed by atoms with Crippen LogP contribution in [0.5, 0.6) is 0 Å². The quantitative estimate of drug-likeness (QED) is 0.610. The van der Waals surface area contributed by atoms with E-state index in [4.69, 9.17) is 0 Å². The molecule has 0 rings (SSSR count). The summed E-state index contributed by atoms with van der Waals surface area (Å²) >= 11 is 0. The molecule has 0 aliphatic carbocycles. The zero-order valence-electron chi connectivity index (χ0n) is 12.2. The third kappa shape index (κ3) is 9.17. The van der Waals surface area contributed by atoms with Crippen molar-refractivity contribution in [3.8, 4) is 0 Å². The summed E-state index contributed by atoms with van der Waals surface area (Å²) in [5.41, 5.74) is 0. The van der Waals surface area contributed by atoms with Gasteiger partial charge in [0.25, 0.3) is 0 Å². The molecule has 0 spiro atoms. The molecule has 0 heterocycles. The topological polar surface area (TPSA) is 15.3 Å². The average Bonchev–Trinajstić information content (AvgIpc) is 2.15. The summed E-state index contributed by atoms with van der Waals surface area (Å²) < 4.78 is 0. The minimum atomic E-state index is 0.701. The van der Waals surface area contributed by atoms with Crippen molar-refractivity contribution < 1.29 is 0 Å². The molecule has 0 radical (unpaired) electrons. The largest absolute Gasteiger partial charge is 0.315 e. The van der Waals surface area contributed by atoms with Crippen LogP contribution in [-0.4, -0.2) is 37.6 Å². The number of likely N-dealkylation sites (N-methyl/N-ethyl adjacent to an activating group) is 1. The number of nitrogens with zero attached hydrogens (tertiary/aromatic N) is 1. The molecule has 1 atom stereocenters. The van der Waals surface area contributed by atoms with Crippen LogP contribution in [0.2, 0.25) is 0 Å². The van der Waals surface area contributed by atoms with Gasteiger partial charge >= 0.3 is 0 Å². The van der Waals surface area contributed by atoms with E-state index in [1.54, 1.807) is 0 Å². The Morgan fingerprint density at radius 1 is 0.938 bits per heavy atom. The van der Waals surface area contributed by atoms with E-state index in [-0.39, 0.29) is 0 Å². The maximum absolute atomic E-state index is 3.51. The molecule has 0 fully saturated rings. The summed E-state index contributed by atoms with van der Waals surface area (Å²) in [6, 6.07) is 0.701. The third-order valence-electron chi connectivity index (χ3n) is 3.10. The molecule has 0 saturated heterocycles. The second-order valence-corrected chi connectivity index (χ2v) is 5.89. The van der Waals surface area contributed by atoms with Crippen LogP contribution in [0, 0.1) is 11.8 Å². The Labute approximate surface area is 103 Å². The minimum Gasteiger partial charge on any atom is -0.315 e. The van der Waals surface area contributed by atoms with E-state index in [0.29, 0.717) is 6.04 Å². The number of hydrogen-bond donors (Lipinski definition) is 1. The molecule has 0 aromatic heterocycles. The second kappa shape index (κ2) is 9.00. The lowest BCUT2D eigenvalue weighted by Crippen LogP contribution is -2.36. The molecule has 0 aliphatic heterocycles. The van der Waals surface area contributed by atoms with Gasteiger partial charge in [0.05, 0.1) is 0 Å². The van der Waals surface area contributed by atoms with Gasteiger partial charge in [-0.3, -0.25) is 0 Å². The third-order valence-corrected chi connectivity index (χ3v) is 3.10. The summed E-state index contributed by atoms with van der Waals surface area (Å²) in [6.45, 7) is 14.9. The van der Waals surface area contributed by atoms with E-state index in [2.05, 4.69) is 51.9 Å². The number of nitrogens with one attached hydrogen (secondary N) is 1. The highest BCUT2D eigenvalue weighted by atomic mass is 15.1. The van der Waals surface area contributed by atoms with Gasteiger partial charge < -0.3 is 10.2 Å². The van der Waals surface area contributed by atoms with Crippen molar-refractivity contribution in [2.24, 2.45) is 11.8 Å². The first-order valence-corrected chi connectivity index (χ1v) is 6.84. The van der Waals surface area contributed by atoms with E-state index < -0.39 is 0 Å². The van der Waals surface area contributed by atoms with Crippen molar-refractivity contribution in [3.63, 3.8) is 0 Å². The van der Waals surface area contributed by atoms with E-state index >= 15 is 0 Å². The first-order chi connectivity index (χ1) is 7.43. The van der Waals surface area contributed by atoms with Gasteiger partial charge in [-0.15, -0.1) is 0 Å². The van der Waals surface area contributed by atoms with Crippen molar-refractivity contribution in [2.45, 2.75) is 53.5 Å². The summed E-state index contributed by atoms with van der Waals surface area (Å²) in [7, 11) is 2.23. The lowest BCUT2D eigenvalue weighted by Gasteiger charge is -2.26. The second-order valence-electron chi connectivity index (χ2n) is 5.89. The Hall–Kier alpha value is -0.0800. The number of rotatable bonds is 9. The van der Waals surface area contributed by atoms with Crippen LogP contribution in [-0.2, 0) is 0 Å². The molecule has 0 saturated carbocycles. The van der Waals surface area contributed by atoms with Gasteiger partial charge in [0.2, 0.25) is 0 Å². The molecule has 0 aromatic carbocycles. The molecule has 98 valence electrons. The van der Waals surface area contributed by atoms with Gasteiger partial charge in [-0.2, -0.15) is 0 Å². The summed E-state index contributed by atoms with van der Waals surface area (Å²) in [4.78, 5) is 2.46. The molecule has 2 nitrogen and oxygen atoms in total. The van der Waals surface area contributed by atoms with Crippen LogP contribution in [0.3, 0.4) is 0 Å². The Morgan fingerprint density at radius 3 is 2.06 bits per heavy atom. The highest BCUT2D eigenvalue weighted by Gasteiger charge is 2.09. The SMILES string of the molecule is CC(C)CCNCCN(C)C(C)CC(C)C. The summed E-state index contributed by atoms with van der Waals surface area (Å²) in [5, 5.41) is 3.51. The molecule has 0 bridgehead atoms. The first kappa shape index (κ1) is 15.9. The molecular weight excluding hydrogens is 196 g/mol. The van der Waals surface area contributed by atoms with Gasteiger partial charge in [0.1, 0.15) is 0 Å². The molecule has 1 N–H and O–H groups in total. The van der Waals surface area contributed by atoms with Crippen molar-refractivity contribution in [2.75, 3.05) is 26.7 Å². The molecule has 0 aliphatic rings. The highest BCUT2D eigenvalue weighted by molar-refractivity contribution is 4.66. The van der Waals surface area contributed by atoms with E-state index in [1.165, 1.54) is 12.8 Å². The van der Waals surface area contributed by atoms with Crippen molar-refractivity contribution in [1.29, 1.82) is 0 Å². The van der Waals surface area contributed by atoms with E-state index in [9.17, 15) is 0 Å². The standard InChI is InChI=1S/C14H32N2/c1-12(2)7-8-15-9-10-16(6)14(5)11-13(3)4/h12-15H,7-11H2,1-6H3. The van der Waals surface area contributed by atoms with Gasteiger partial charge in [-0.25, -0.2) is 0 Å². The fourth-order valence-corrected chi connectivity index (χ4v) is 1.85. The Bertz CT molecular complexity index is 155. The van der Waals surface area contributed by atoms with E-state index in [0.717, 1.165) is 31.5 Å². The zero-order chi connectivity index (χ0) is 12.6. The van der Waals surface area contributed by atoms with Crippen molar-refractivity contribution in [1.82, 2.24) is 10.2 Å². The predicted octanol–water partition coefficient (Wildman–Crippen LogP) is 2.99. The monoisotopic (exact) mass is 228 g/mol. The van der Waals surface area contributed by atoms with Crippen LogP contribution in [0.15, 0.2) is 0 Å². The van der Waals surface area contributed by atoms with Crippen molar-refractivity contribution in [3.05, 3.63) is 0 Å². The lowest BCUT2D eigenvalue weighted by atomic mass is 10.0. The normalized spacial score (nSPS) is 14.1. The maximum atomic E-state index is 3.51. The van der Waals surface area contributed by atoms with Crippen LogP contribution in [0.25, 0.3) is 0 Å². The van der Waals surface area contributed by atoms with Crippen LogP contribution >= 0.6 is 0 Å². The van der Waals surface area contributed by atoms with Crippen molar-refractivity contribution >= 4 is 0 Å². The summed E-state index contributed by atoms with van der Waals surface area (Å²) in [6.07, 6.45) is 2.58. The van der Waals surface area contributed by atoms with Gasteiger partial charge in [0, 0.05) is 19.1 Å². The minimum absolute atomic E-state index is 0.701. The Morgan fingerprint density at radius 2 is 1.56 bits per heavy atom. The maximum Gasteiger partial charge on any atom is 0.0107 e. The fourth-order valence-electron chi connectivity index (χ4n) is 1.85. The Balaban J connectivity index is 3.45. The lowest BCUT2D eigenvalue weighted by molar-refractivity contribution is 0.228. The van der Waals surface area contributed by atoms with Crippen LogP contribution in [0.4, 0.5) is 0 Å². The van der Waals surface area contributed by atoms with Crippen LogP contribution < -0.4 is 5.32 Å². The number of hydrogen-bond acceptors (Lipinski definition) is 2. The van der Waals surface area contributed by atoms with Crippen LogP contribution in [0.1, 0.15) is 47.5 Å². The van der Waals surface area contributed by atoms with Gasteiger partial charge in [0.15, 0.2) is 0 Å². The molecule has 1 unspecified atom stereocenters. The van der Waals surface area contributed by atoms with E-state index in [1.807, 2.05) is 0 Å². The molecule has 0 amide bonds. The molecule has 2 heteroatoms. The molecular formula is C14H32N2. The average molecular weight is 228 g/mol. The van der Waals surface area contributed by atoms with Gasteiger partial charge in [-0.1, -0.05) is 27.7 Å². The zero-order valence-corrected chi connectivity index (χ0v) is 12.2. The fraction of sp³-hybridized carbons (Fsp3) is 1.00. The first-order valence-electron chi connectivity index (χ1n) is 6.84. The Kier molecular flexibility index (Phi) is 8.96. The molecule has 0 aromatic rings.